The van der Waals surface area contributed by atoms with Gasteiger partial charge in [-0.1, -0.05) is 19.1 Å². The summed E-state index contributed by atoms with van der Waals surface area (Å²) >= 11 is 10.3. The molecule has 0 saturated heterocycles. The molecule has 0 rings (SSSR count). The van der Waals surface area contributed by atoms with Crippen LogP contribution in [0.4, 0.5) is 0 Å². The number of thiocarbonyl (C=S) groups is 1. The Morgan fingerprint density at radius 1 is 1.71 bits per heavy atom. The molecular formula is C9H13NOS3. The van der Waals surface area contributed by atoms with Crippen molar-refractivity contribution in [2.75, 3.05) is 5.75 Å². The highest BCUT2D eigenvalue weighted by atomic mass is 32.2. The summed E-state index contributed by atoms with van der Waals surface area (Å²) in [7, 11) is 0. The van der Waals surface area contributed by atoms with Crippen LogP contribution in [0.15, 0.2) is 0 Å². The van der Waals surface area contributed by atoms with Crippen molar-refractivity contribution in [1.29, 1.82) is 5.26 Å². The van der Waals surface area contributed by atoms with Crippen LogP contribution >= 0.6 is 36.6 Å². The summed E-state index contributed by atoms with van der Waals surface area (Å²) in [5, 5.41) is 8.81. The van der Waals surface area contributed by atoms with Gasteiger partial charge in [0.2, 0.25) is 0 Å². The third-order valence-corrected chi connectivity index (χ3v) is 3.84. The molecule has 0 aliphatic carbocycles. The van der Waals surface area contributed by atoms with Crippen molar-refractivity contribution in [3.05, 3.63) is 0 Å². The second kappa shape index (κ2) is 6.44. The summed E-state index contributed by atoms with van der Waals surface area (Å²) < 4.78 is 0.664. The number of thioether (sulfide) groups is 1. The normalized spacial score (nSPS) is 14.1. The number of rotatable bonds is 5. The molecule has 1 atom stereocenters. The molecule has 0 fully saturated rings. The lowest BCUT2D eigenvalue weighted by Crippen LogP contribution is -2.22. The second-order valence-electron chi connectivity index (χ2n) is 3.06. The molecule has 0 bridgehead atoms. The van der Waals surface area contributed by atoms with Crippen LogP contribution in [0.2, 0.25) is 0 Å². The Labute approximate surface area is 99.8 Å². The van der Waals surface area contributed by atoms with E-state index in [-0.39, 0.29) is 11.5 Å². The molecule has 0 saturated carbocycles. The number of carbonyl (C=O) groups excluding carboxylic acids is 1. The van der Waals surface area contributed by atoms with Gasteiger partial charge in [0.15, 0.2) is 5.12 Å². The van der Waals surface area contributed by atoms with Crippen molar-refractivity contribution in [3.63, 3.8) is 0 Å². The van der Waals surface area contributed by atoms with E-state index < -0.39 is 5.41 Å². The highest BCUT2D eigenvalue weighted by Crippen LogP contribution is 2.30. The van der Waals surface area contributed by atoms with Gasteiger partial charge in [-0.05, 0) is 19.1 Å². The molecule has 0 heterocycles. The maximum atomic E-state index is 10.7. The van der Waals surface area contributed by atoms with Crippen LogP contribution in [0, 0.1) is 16.7 Å². The Morgan fingerprint density at radius 2 is 2.29 bits per heavy atom. The summed E-state index contributed by atoms with van der Waals surface area (Å²) in [5.74, 6) is 0.852. The van der Waals surface area contributed by atoms with Crippen LogP contribution in [0.3, 0.4) is 0 Å². The van der Waals surface area contributed by atoms with Crippen molar-refractivity contribution in [1.82, 2.24) is 0 Å². The molecule has 14 heavy (non-hydrogen) atoms. The van der Waals surface area contributed by atoms with Gasteiger partial charge in [0, 0.05) is 6.42 Å². The standard InChI is InChI=1S/C9H13NOS3/c1-3-14-8(13)9(2,6-10)5-4-7(11)12/h3-5H2,1-2H3,(H,11,12). The molecule has 78 valence electrons. The molecule has 0 spiro atoms. The van der Waals surface area contributed by atoms with Gasteiger partial charge in [-0.25, -0.2) is 0 Å². The number of hydrogen-bond acceptors (Lipinski definition) is 4. The average molecular weight is 247 g/mol. The first-order chi connectivity index (χ1) is 6.46. The molecule has 0 N–H and O–H groups in total. The molecule has 0 aliphatic rings. The molecule has 0 amide bonds. The maximum absolute atomic E-state index is 10.7. The number of thiol groups is 1. The quantitative estimate of drug-likeness (QED) is 0.599. The minimum absolute atomic E-state index is 0.198. The largest absolute Gasteiger partial charge is 0.288 e. The highest BCUT2D eigenvalue weighted by Gasteiger charge is 2.29. The third kappa shape index (κ3) is 4.45. The molecule has 1 unspecified atom stereocenters. The van der Waals surface area contributed by atoms with Gasteiger partial charge in [-0.15, -0.1) is 24.4 Å². The molecule has 5 heteroatoms. The summed E-state index contributed by atoms with van der Waals surface area (Å²) in [6.45, 7) is 3.76. The lowest BCUT2D eigenvalue weighted by Gasteiger charge is -2.20. The number of nitrogens with zero attached hydrogens (tertiary/aromatic N) is 1. The molecular weight excluding hydrogens is 234 g/mol. The van der Waals surface area contributed by atoms with Gasteiger partial charge in [0.1, 0.15) is 0 Å². The fourth-order valence-corrected chi connectivity index (χ4v) is 2.19. The fraction of sp³-hybridized carbons (Fsp3) is 0.667. The van der Waals surface area contributed by atoms with Crippen molar-refractivity contribution >= 4 is 45.9 Å². The van der Waals surface area contributed by atoms with Crippen LogP contribution in [0.5, 0.6) is 0 Å². The van der Waals surface area contributed by atoms with Crippen LogP contribution in [-0.4, -0.2) is 15.1 Å². The van der Waals surface area contributed by atoms with E-state index in [1.165, 1.54) is 11.8 Å². The topological polar surface area (TPSA) is 40.9 Å². The van der Waals surface area contributed by atoms with Crippen molar-refractivity contribution in [3.8, 4) is 6.07 Å². The summed E-state index contributed by atoms with van der Waals surface area (Å²) in [5.41, 5.74) is -0.686. The monoisotopic (exact) mass is 247 g/mol. The predicted octanol–water partition coefficient (Wildman–Crippen LogP) is 2.83. The summed E-state index contributed by atoms with van der Waals surface area (Å²) in [4.78, 5) is 10.7. The summed E-state index contributed by atoms with van der Waals surface area (Å²) in [6, 6.07) is 2.17. The van der Waals surface area contributed by atoms with Crippen molar-refractivity contribution in [2.24, 2.45) is 5.41 Å². The molecule has 0 aromatic rings. The Morgan fingerprint density at radius 3 is 2.64 bits per heavy atom. The van der Waals surface area contributed by atoms with E-state index in [9.17, 15) is 4.79 Å². The van der Waals surface area contributed by atoms with Gasteiger partial charge in [-0.2, -0.15) is 5.26 Å². The molecule has 0 aliphatic heterocycles. The molecule has 0 radical (unpaired) electrons. The second-order valence-corrected chi connectivity index (χ2v) is 5.50. The number of carbonyl (C=O) groups is 1. The Hall–Kier alpha value is -0.0500. The maximum Gasteiger partial charge on any atom is 0.185 e. The number of nitriles is 1. The Balaban J connectivity index is 4.40. The van der Waals surface area contributed by atoms with Gasteiger partial charge in [0.25, 0.3) is 0 Å². The lowest BCUT2D eigenvalue weighted by molar-refractivity contribution is -0.111. The van der Waals surface area contributed by atoms with E-state index >= 15 is 0 Å². The average Bonchev–Trinajstić information content (AvgIpc) is 2.14. The zero-order chi connectivity index (χ0) is 11.2. The Bertz CT molecular complexity index is 272. The van der Waals surface area contributed by atoms with Crippen LogP contribution in [-0.2, 0) is 4.79 Å². The Kier molecular flexibility index (Phi) is 6.41. The summed E-state index contributed by atoms with van der Waals surface area (Å²) in [6.07, 6.45) is 0.745. The van der Waals surface area contributed by atoms with Crippen molar-refractivity contribution in [2.45, 2.75) is 26.7 Å². The van der Waals surface area contributed by atoms with Gasteiger partial charge in [-0.3, -0.25) is 4.79 Å². The van der Waals surface area contributed by atoms with Crippen LogP contribution < -0.4 is 0 Å². The van der Waals surface area contributed by atoms with E-state index in [1.807, 2.05) is 6.92 Å². The van der Waals surface area contributed by atoms with E-state index in [2.05, 4.69) is 18.7 Å². The van der Waals surface area contributed by atoms with Crippen molar-refractivity contribution < 1.29 is 4.79 Å². The van der Waals surface area contributed by atoms with E-state index in [1.54, 1.807) is 6.92 Å². The van der Waals surface area contributed by atoms with Gasteiger partial charge >= 0.3 is 0 Å². The minimum atomic E-state index is -0.686. The van der Waals surface area contributed by atoms with E-state index in [4.69, 9.17) is 17.5 Å². The predicted molar refractivity (Wildman–Crippen MR) is 67.7 cm³/mol. The lowest BCUT2D eigenvalue weighted by atomic mass is 9.89. The van der Waals surface area contributed by atoms with Crippen LogP contribution in [0.25, 0.3) is 0 Å². The minimum Gasteiger partial charge on any atom is -0.288 e. The third-order valence-electron chi connectivity index (χ3n) is 1.81. The van der Waals surface area contributed by atoms with Gasteiger partial charge < -0.3 is 0 Å². The first-order valence-corrected chi connectivity index (χ1v) is 6.10. The molecule has 0 aromatic carbocycles. The smallest absolute Gasteiger partial charge is 0.185 e. The fourth-order valence-electron chi connectivity index (χ4n) is 0.851. The van der Waals surface area contributed by atoms with E-state index in [0.29, 0.717) is 10.6 Å². The molecule has 2 nitrogen and oxygen atoms in total. The number of hydrogen-bond donors (Lipinski definition) is 1. The van der Waals surface area contributed by atoms with Crippen LogP contribution in [0.1, 0.15) is 26.7 Å². The zero-order valence-corrected chi connectivity index (χ0v) is 10.8. The van der Waals surface area contributed by atoms with Gasteiger partial charge in [0.05, 0.1) is 15.7 Å². The SMILES string of the molecule is CCSC(=S)C(C)(C#N)CCC(=O)S. The highest BCUT2D eigenvalue weighted by molar-refractivity contribution is 8.23. The van der Waals surface area contributed by atoms with E-state index in [0.717, 1.165) is 5.75 Å². The first kappa shape index (κ1) is 13.9. The molecule has 0 aromatic heterocycles. The first-order valence-electron chi connectivity index (χ1n) is 4.26. The zero-order valence-electron chi connectivity index (χ0n) is 8.24.